The lowest BCUT2D eigenvalue weighted by Gasteiger charge is -2.27. The summed E-state index contributed by atoms with van der Waals surface area (Å²) in [5, 5.41) is 16.4. The lowest BCUT2D eigenvalue weighted by atomic mass is 9.92. The van der Waals surface area contributed by atoms with Crippen molar-refractivity contribution in [2.75, 3.05) is 6.54 Å². The molecular weight excluding hydrogens is 232 g/mol. The molecule has 0 fully saturated rings. The number of carbonyl (C=O) groups excluding carboxylic acids is 1. The highest BCUT2D eigenvalue weighted by Crippen LogP contribution is 2.16. The quantitative estimate of drug-likeness (QED) is 0.842. The Labute approximate surface area is 108 Å². The Morgan fingerprint density at radius 2 is 2.11 bits per heavy atom. The van der Waals surface area contributed by atoms with Crippen molar-refractivity contribution in [2.24, 2.45) is 5.92 Å². The van der Waals surface area contributed by atoms with Crippen LogP contribution in [0.3, 0.4) is 0 Å². The molecule has 1 aromatic heterocycles. The van der Waals surface area contributed by atoms with E-state index in [4.69, 9.17) is 4.52 Å². The molecule has 102 valence electrons. The van der Waals surface area contributed by atoms with E-state index in [9.17, 15) is 9.90 Å². The minimum Gasteiger partial charge on any atom is -0.388 e. The molecule has 0 saturated heterocycles. The van der Waals surface area contributed by atoms with Crippen molar-refractivity contribution in [3.8, 4) is 0 Å². The van der Waals surface area contributed by atoms with E-state index >= 15 is 0 Å². The average Bonchev–Trinajstić information content (AvgIpc) is 2.75. The van der Waals surface area contributed by atoms with Crippen LogP contribution in [-0.4, -0.2) is 28.3 Å². The fourth-order valence-corrected chi connectivity index (χ4v) is 1.22. The van der Waals surface area contributed by atoms with Gasteiger partial charge in [-0.2, -0.15) is 0 Å². The maximum atomic E-state index is 11.8. The van der Waals surface area contributed by atoms with E-state index in [0.717, 1.165) is 0 Å². The molecule has 1 amide bonds. The second-order valence-corrected chi connectivity index (χ2v) is 5.46. The van der Waals surface area contributed by atoms with Gasteiger partial charge in [-0.05, 0) is 12.8 Å². The Bertz CT molecular complexity index is 408. The van der Waals surface area contributed by atoms with Crippen molar-refractivity contribution in [1.82, 2.24) is 10.5 Å². The van der Waals surface area contributed by atoms with Gasteiger partial charge in [-0.1, -0.05) is 32.9 Å². The van der Waals surface area contributed by atoms with Crippen LogP contribution in [0.5, 0.6) is 0 Å². The molecule has 18 heavy (non-hydrogen) atoms. The Balaban J connectivity index is 2.60. The molecule has 0 saturated carbocycles. The van der Waals surface area contributed by atoms with E-state index in [-0.39, 0.29) is 30.0 Å². The molecule has 0 aromatic carbocycles. The third kappa shape index (κ3) is 3.57. The van der Waals surface area contributed by atoms with Gasteiger partial charge in [-0.3, -0.25) is 4.79 Å². The van der Waals surface area contributed by atoms with Crippen LogP contribution in [-0.2, 0) is 0 Å². The number of aromatic nitrogens is 1. The maximum Gasteiger partial charge on any atom is 0.273 e. The lowest BCUT2D eigenvalue weighted by Crippen LogP contribution is -2.44. The molecule has 1 heterocycles. The fourth-order valence-electron chi connectivity index (χ4n) is 1.22. The standard InChI is InChI=1S/C13H22N2O3/c1-8(2)11-6-10(15-18-11)12(16)14-7-13(5,17)9(3)4/h6,8-9,17H,7H2,1-5H3,(H,14,16). The van der Waals surface area contributed by atoms with Crippen molar-refractivity contribution in [1.29, 1.82) is 0 Å². The number of aliphatic hydroxyl groups is 1. The van der Waals surface area contributed by atoms with Gasteiger partial charge >= 0.3 is 0 Å². The molecule has 0 bridgehead atoms. The summed E-state index contributed by atoms with van der Waals surface area (Å²) in [6, 6.07) is 1.63. The Morgan fingerprint density at radius 1 is 1.50 bits per heavy atom. The van der Waals surface area contributed by atoms with E-state index in [1.54, 1.807) is 13.0 Å². The molecule has 0 spiro atoms. The Hall–Kier alpha value is -1.36. The van der Waals surface area contributed by atoms with Crippen molar-refractivity contribution >= 4 is 5.91 Å². The smallest absolute Gasteiger partial charge is 0.273 e. The maximum absolute atomic E-state index is 11.8. The van der Waals surface area contributed by atoms with E-state index < -0.39 is 5.60 Å². The van der Waals surface area contributed by atoms with Gasteiger partial charge in [0.25, 0.3) is 5.91 Å². The molecular formula is C13H22N2O3. The first-order chi connectivity index (χ1) is 8.24. The highest BCUT2D eigenvalue weighted by atomic mass is 16.5. The first-order valence-corrected chi connectivity index (χ1v) is 6.21. The van der Waals surface area contributed by atoms with E-state index in [1.165, 1.54) is 0 Å². The second kappa shape index (κ2) is 5.52. The monoisotopic (exact) mass is 254 g/mol. The summed E-state index contributed by atoms with van der Waals surface area (Å²) in [4.78, 5) is 11.8. The zero-order valence-electron chi connectivity index (χ0n) is 11.7. The van der Waals surface area contributed by atoms with Gasteiger partial charge in [0.2, 0.25) is 0 Å². The Kier molecular flexibility index (Phi) is 4.51. The van der Waals surface area contributed by atoms with Crippen LogP contribution < -0.4 is 5.32 Å². The van der Waals surface area contributed by atoms with E-state index in [1.807, 2.05) is 27.7 Å². The van der Waals surface area contributed by atoms with Gasteiger partial charge in [-0.25, -0.2) is 0 Å². The predicted molar refractivity (Wildman–Crippen MR) is 68.4 cm³/mol. The summed E-state index contributed by atoms with van der Waals surface area (Å²) in [6.07, 6.45) is 0. The summed E-state index contributed by atoms with van der Waals surface area (Å²) >= 11 is 0. The van der Waals surface area contributed by atoms with Crippen molar-refractivity contribution in [2.45, 2.75) is 46.1 Å². The van der Waals surface area contributed by atoms with Gasteiger partial charge in [0.05, 0.1) is 5.60 Å². The summed E-state index contributed by atoms with van der Waals surface area (Å²) in [6.45, 7) is 9.61. The first kappa shape index (κ1) is 14.7. The second-order valence-electron chi connectivity index (χ2n) is 5.46. The average molecular weight is 254 g/mol. The van der Waals surface area contributed by atoms with Crippen LogP contribution >= 0.6 is 0 Å². The zero-order valence-corrected chi connectivity index (χ0v) is 11.7. The molecule has 2 N–H and O–H groups in total. The topological polar surface area (TPSA) is 75.4 Å². The number of nitrogens with one attached hydrogen (secondary N) is 1. The molecule has 0 aliphatic carbocycles. The van der Waals surface area contributed by atoms with Crippen LogP contribution in [0.15, 0.2) is 10.6 Å². The number of amides is 1. The van der Waals surface area contributed by atoms with Crippen molar-refractivity contribution in [3.05, 3.63) is 17.5 Å². The molecule has 0 radical (unpaired) electrons. The minimum atomic E-state index is -0.930. The molecule has 1 aromatic rings. The minimum absolute atomic E-state index is 0.0568. The number of carbonyl (C=O) groups is 1. The number of hydrogen-bond donors (Lipinski definition) is 2. The van der Waals surface area contributed by atoms with E-state index in [0.29, 0.717) is 5.76 Å². The van der Waals surface area contributed by atoms with E-state index in [2.05, 4.69) is 10.5 Å². The SMILES string of the molecule is CC(C)c1cc(C(=O)NCC(C)(O)C(C)C)no1. The van der Waals surface area contributed by atoms with Crippen LogP contribution in [0.2, 0.25) is 0 Å². The summed E-state index contributed by atoms with van der Waals surface area (Å²) in [5.41, 5.74) is -0.682. The van der Waals surface area contributed by atoms with Crippen molar-refractivity contribution < 1.29 is 14.4 Å². The van der Waals surface area contributed by atoms with Gasteiger partial charge in [-0.15, -0.1) is 0 Å². The molecule has 1 atom stereocenters. The fraction of sp³-hybridized carbons (Fsp3) is 0.692. The van der Waals surface area contributed by atoms with Gasteiger partial charge < -0.3 is 14.9 Å². The van der Waals surface area contributed by atoms with Crippen molar-refractivity contribution in [3.63, 3.8) is 0 Å². The van der Waals surface area contributed by atoms with Crippen LogP contribution in [0.25, 0.3) is 0 Å². The summed E-state index contributed by atoms with van der Waals surface area (Å²) in [5.74, 6) is 0.599. The number of hydrogen-bond acceptors (Lipinski definition) is 4. The number of nitrogens with zero attached hydrogens (tertiary/aromatic N) is 1. The predicted octanol–water partition coefficient (Wildman–Crippen LogP) is 1.93. The van der Waals surface area contributed by atoms with Gasteiger partial charge in [0.15, 0.2) is 5.69 Å². The molecule has 0 aliphatic rings. The Morgan fingerprint density at radius 3 is 2.56 bits per heavy atom. The first-order valence-electron chi connectivity index (χ1n) is 6.21. The summed E-state index contributed by atoms with van der Waals surface area (Å²) in [7, 11) is 0. The highest BCUT2D eigenvalue weighted by molar-refractivity contribution is 5.92. The molecule has 1 unspecified atom stereocenters. The normalized spacial score (nSPS) is 14.9. The van der Waals surface area contributed by atoms with Crippen LogP contribution in [0.4, 0.5) is 0 Å². The third-order valence-corrected chi connectivity index (χ3v) is 3.18. The summed E-state index contributed by atoms with van der Waals surface area (Å²) < 4.78 is 5.05. The molecule has 1 rings (SSSR count). The number of rotatable bonds is 5. The molecule has 5 heteroatoms. The van der Waals surface area contributed by atoms with Crippen LogP contribution in [0, 0.1) is 5.92 Å². The highest BCUT2D eigenvalue weighted by Gasteiger charge is 2.26. The third-order valence-electron chi connectivity index (χ3n) is 3.18. The van der Waals surface area contributed by atoms with Gasteiger partial charge in [0.1, 0.15) is 5.76 Å². The molecule has 5 nitrogen and oxygen atoms in total. The zero-order chi connectivity index (χ0) is 13.9. The largest absolute Gasteiger partial charge is 0.388 e. The van der Waals surface area contributed by atoms with Gasteiger partial charge in [0, 0.05) is 18.5 Å². The lowest BCUT2D eigenvalue weighted by molar-refractivity contribution is 0.0141. The molecule has 0 aliphatic heterocycles. The van der Waals surface area contributed by atoms with Crippen LogP contribution in [0.1, 0.15) is 56.8 Å².